The normalized spacial score (nSPS) is 11.8. The van der Waals surface area contributed by atoms with Crippen molar-refractivity contribution in [2.24, 2.45) is 0 Å². The Balaban J connectivity index is 0.000000145. The van der Waals surface area contributed by atoms with Crippen LogP contribution >= 0.6 is 0 Å². The van der Waals surface area contributed by atoms with E-state index in [1.165, 1.54) is 64.6 Å². The summed E-state index contributed by atoms with van der Waals surface area (Å²) in [6.07, 6.45) is 0. The Morgan fingerprint density at radius 3 is 0.692 bits per heavy atom. The molecule has 0 amide bonds. The van der Waals surface area contributed by atoms with Gasteiger partial charge in [0.15, 0.2) is 46.0 Å². The molecule has 0 aromatic heterocycles. The molecule has 2 aliphatic rings. The van der Waals surface area contributed by atoms with Gasteiger partial charge in [0.2, 0.25) is 0 Å². The average Bonchev–Trinajstić information content (AvgIpc) is 0.772. The molecule has 0 spiro atoms. The van der Waals surface area contributed by atoms with E-state index >= 15 is 0 Å². The molecule has 0 bridgehead atoms. The molecule has 20 rings (SSSR count). The van der Waals surface area contributed by atoms with Crippen LogP contribution < -0.4 is 38.5 Å². The van der Waals surface area contributed by atoms with Gasteiger partial charge < -0.3 is 38.5 Å². The summed E-state index contributed by atoms with van der Waals surface area (Å²) in [7, 11) is 0. The van der Waals surface area contributed by atoms with Crippen molar-refractivity contribution in [2.75, 3.05) is 19.6 Å². The molecule has 18 aromatic carbocycles. The van der Waals surface area contributed by atoms with E-state index in [-0.39, 0.29) is 0 Å². The van der Waals surface area contributed by atoms with Gasteiger partial charge in [-0.2, -0.15) is 0 Å². The summed E-state index contributed by atoms with van der Waals surface area (Å²) in [6, 6.07) is 135. The summed E-state index contributed by atoms with van der Waals surface area (Å²) >= 11 is 0. The molecule has 0 unspecified atom stereocenters. The van der Waals surface area contributed by atoms with Gasteiger partial charge in [0.25, 0.3) is 0 Å². The molecule has 0 saturated carbocycles. The van der Waals surface area contributed by atoms with Crippen molar-refractivity contribution < 1.29 is 18.9 Å². The highest BCUT2D eigenvalue weighted by atomic mass is 16.6. The van der Waals surface area contributed by atoms with Gasteiger partial charge in [0.1, 0.15) is 0 Å². The van der Waals surface area contributed by atoms with Crippen molar-refractivity contribution in [3.05, 3.63) is 388 Å². The topological polar surface area (TPSA) is 49.9 Å². The molecule has 0 atom stereocenters. The molecule has 492 valence electrons. The molecule has 8 heteroatoms. The van der Waals surface area contributed by atoms with Crippen LogP contribution in [-0.4, -0.2) is 0 Å². The number of rotatable bonds is 12. The Morgan fingerprint density at radius 1 is 0.135 bits per heavy atom. The van der Waals surface area contributed by atoms with Crippen molar-refractivity contribution in [3.63, 3.8) is 0 Å². The van der Waals surface area contributed by atoms with Gasteiger partial charge in [-0.25, -0.2) is 0 Å². The number of hydrogen-bond acceptors (Lipinski definition) is 8. The number of hydrogen-bond donors (Lipinski definition) is 0. The third kappa shape index (κ3) is 11.2. The summed E-state index contributed by atoms with van der Waals surface area (Å²) in [4.78, 5) is 9.16. The Kier molecular flexibility index (Phi) is 15.4. The van der Waals surface area contributed by atoms with E-state index in [1.807, 2.05) is 36.4 Å². The van der Waals surface area contributed by atoms with Crippen molar-refractivity contribution >= 4 is 133 Å². The second-order valence-electron chi connectivity index (χ2n) is 25.9. The number of benzene rings is 18. The first kappa shape index (κ1) is 61.0. The zero-order chi connectivity index (χ0) is 68.9. The average molecular weight is 1340 g/mol. The highest BCUT2D eigenvalue weighted by molar-refractivity contribution is 6.16. The zero-order valence-electron chi connectivity index (χ0n) is 56.4. The minimum Gasteiger partial charge on any atom is -0.449 e. The van der Waals surface area contributed by atoms with Crippen LogP contribution in [0.5, 0.6) is 46.0 Å². The summed E-state index contributed by atoms with van der Waals surface area (Å²) in [5, 5.41) is 14.3. The molecule has 18 aromatic rings. The molecule has 2 aliphatic heterocycles. The number of nitrogens with zero attached hydrogens (tertiary/aromatic N) is 4. The maximum absolute atomic E-state index is 6.70. The second-order valence-corrected chi connectivity index (χ2v) is 25.9. The van der Waals surface area contributed by atoms with Crippen molar-refractivity contribution in [1.29, 1.82) is 0 Å². The predicted octanol–water partition coefficient (Wildman–Crippen LogP) is 28.0. The summed E-state index contributed by atoms with van der Waals surface area (Å²) in [6.45, 7) is 0. The lowest BCUT2D eigenvalue weighted by Crippen LogP contribution is -2.12. The number of para-hydroxylation sites is 4. The fourth-order valence-electron chi connectivity index (χ4n) is 14.9. The standard InChI is InChI=1S/C52H34N2O2.C44H30N2O2/c1-3-17-37(18-4-1)53(47-31-35-15-7-9-21-41(35)43-23-11-13-25-45(43)47)39-27-29-49-51(33-39)55-50-30-28-40(34-52(50)56-49)54(38-19-5-2-6-20-38)48-32-36-16-8-10-22-42(36)44-24-12-14-26-46(44)48;1-3-17-33(18-4-1)45(39-23-11-15-31-13-7-9-21-37(31)39)35-25-27-41-43(29-35)47-42-28-26-36(30-44(42)48-41)46(34-19-5-2-6-20-34)40-24-12-16-32-14-8-10-22-38(32)40/h1-34H;1-30H. The van der Waals surface area contributed by atoms with Crippen molar-refractivity contribution in [1.82, 2.24) is 0 Å². The lowest BCUT2D eigenvalue weighted by molar-refractivity contribution is 0.360. The fraction of sp³-hybridized carbons (Fsp3) is 0. The minimum atomic E-state index is 0.661. The van der Waals surface area contributed by atoms with E-state index in [0.29, 0.717) is 46.0 Å². The van der Waals surface area contributed by atoms with Crippen LogP contribution in [0.15, 0.2) is 388 Å². The third-order valence-corrected chi connectivity index (χ3v) is 19.7. The zero-order valence-corrected chi connectivity index (χ0v) is 56.4. The summed E-state index contributed by atoms with van der Waals surface area (Å²) in [5.74, 6) is 5.33. The molecule has 8 nitrogen and oxygen atoms in total. The fourth-order valence-corrected chi connectivity index (χ4v) is 14.9. The van der Waals surface area contributed by atoms with Crippen LogP contribution in [0.1, 0.15) is 0 Å². The van der Waals surface area contributed by atoms with Gasteiger partial charge in [0, 0.05) is 68.6 Å². The summed E-state index contributed by atoms with van der Waals surface area (Å²) < 4.78 is 26.6. The predicted molar refractivity (Wildman–Crippen MR) is 430 cm³/mol. The van der Waals surface area contributed by atoms with Crippen LogP contribution in [-0.2, 0) is 0 Å². The molecular weight excluding hydrogens is 1270 g/mol. The van der Waals surface area contributed by atoms with Gasteiger partial charge >= 0.3 is 0 Å². The largest absolute Gasteiger partial charge is 0.449 e. The van der Waals surface area contributed by atoms with Gasteiger partial charge in [-0.15, -0.1) is 0 Å². The second kappa shape index (κ2) is 26.2. The molecule has 0 saturated heterocycles. The third-order valence-electron chi connectivity index (χ3n) is 19.7. The van der Waals surface area contributed by atoms with Crippen LogP contribution in [0.3, 0.4) is 0 Å². The molecule has 0 N–H and O–H groups in total. The van der Waals surface area contributed by atoms with Gasteiger partial charge in [-0.05, 0) is 164 Å². The molecule has 0 radical (unpaired) electrons. The SMILES string of the molecule is c1ccc(N(c2ccc3c(c2)Oc2ccc(N(c4ccccc4)c4cc5ccccc5c5ccccc45)cc2O3)c2cc3ccccc3c3ccccc23)cc1.c1ccc(N(c2ccc3c(c2)Oc2ccc(N(c4ccccc4)c4cccc5ccccc45)cc2O3)c2cccc3ccccc23)cc1. The highest BCUT2D eigenvalue weighted by Gasteiger charge is 2.28. The number of anilines is 12. The first-order chi connectivity index (χ1) is 51.6. The number of fused-ring (bicyclic) bond motifs is 12. The quantitative estimate of drug-likeness (QED) is 0.112. The van der Waals surface area contributed by atoms with E-state index in [1.54, 1.807) is 0 Å². The Morgan fingerprint density at radius 2 is 0.375 bits per heavy atom. The van der Waals surface area contributed by atoms with E-state index in [0.717, 1.165) is 68.2 Å². The molecule has 2 heterocycles. The molecular formula is C96H64N4O4. The van der Waals surface area contributed by atoms with Crippen LogP contribution in [0.25, 0.3) is 64.6 Å². The minimum absolute atomic E-state index is 0.661. The monoisotopic (exact) mass is 1340 g/mol. The van der Waals surface area contributed by atoms with Gasteiger partial charge in [0.05, 0.1) is 45.5 Å². The van der Waals surface area contributed by atoms with E-state index in [9.17, 15) is 0 Å². The molecule has 0 fully saturated rings. The number of ether oxygens (including phenoxy) is 4. The first-order valence-electron chi connectivity index (χ1n) is 35.0. The molecule has 0 aliphatic carbocycles. The Bertz CT molecular complexity index is 5900. The Hall–Kier alpha value is -14.1. The lowest BCUT2D eigenvalue weighted by Gasteiger charge is -2.30. The van der Waals surface area contributed by atoms with Gasteiger partial charge in [-0.3, -0.25) is 0 Å². The van der Waals surface area contributed by atoms with E-state index in [4.69, 9.17) is 18.9 Å². The van der Waals surface area contributed by atoms with Crippen molar-refractivity contribution in [3.8, 4) is 46.0 Å². The van der Waals surface area contributed by atoms with Gasteiger partial charge in [-0.1, -0.05) is 243 Å². The highest BCUT2D eigenvalue weighted by Crippen LogP contribution is 2.54. The maximum atomic E-state index is 6.70. The smallest absolute Gasteiger partial charge is 0.172 e. The van der Waals surface area contributed by atoms with Crippen molar-refractivity contribution in [2.45, 2.75) is 0 Å². The lowest BCUT2D eigenvalue weighted by atomic mass is 9.99. The Labute approximate surface area is 602 Å². The van der Waals surface area contributed by atoms with Crippen LogP contribution in [0.4, 0.5) is 68.2 Å². The summed E-state index contributed by atoms with van der Waals surface area (Å²) in [5.41, 5.74) is 12.5. The van der Waals surface area contributed by atoms with Crippen LogP contribution in [0.2, 0.25) is 0 Å². The van der Waals surface area contributed by atoms with E-state index in [2.05, 4.69) is 371 Å². The van der Waals surface area contributed by atoms with E-state index < -0.39 is 0 Å². The van der Waals surface area contributed by atoms with Crippen LogP contribution in [0, 0.1) is 0 Å². The molecule has 104 heavy (non-hydrogen) atoms. The maximum Gasteiger partial charge on any atom is 0.172 e. The first-order valence-corrected chi connectivity index (χ1v) is 35.0.